The molecule has 1 fully saturated rings. The van der Waals surface area contributed by atoms with Crippen molar-refractivity contribution in [3.05, 3.63) is 54.0 Å². The van der Waals surface area contributed by atoms with Crippen LogP contribution in [-0.4, -0.2) is 58.0 Å². The van der Waals surface area contributed by atoms with E-state index in [4.69, 9.17) is 0 Å². The van der Waals surface area contributed by atoms with Crippen molar-refractivity contribution < 1.29 is 13.6 Å². The number of rotatable bonds is 7. The van der Waals surface area contributed by atoms with Crippen LogP contribution in [0.15, 0.2) is 37.1 Å². The van der Waals surface area contributed by atoms with Gasteiger partial charge in [0.2, 0.25) is 11.9 Å². The molecular formula is C22H26F2N6O. The lowest BCUT2D eigenvalue weighted by Crippen LogP contribution is -2.44. The molecule has 2 N–H and O–H groups in total. The lowest BCUT2D eigenvalue weighted by molar-refractivity contribution is -0.127. The van der Waals surface area contributed by atoms with Crippen molar-refractivity contribution >= 4 is 23.4 Å². The quantitative estimate of drug-likeness (QED) is 0.660. The highest BCUT2D eigenvalue weighted by atomic mass is 19.1. The second kappa shape index (κ2) is 9.38. The third-order valence-electron chi connectivity index (χ3n) is 5.64. The van der Waals surface area contributed by atoms with Gasteiger partial charge in [0, 0.05) is 44.5 Å². The Bertz CT molecular complexity index is 969. The van der Waals surface area contributed by atoms with Crippen molar-refractivity contribution in [3.63, 3.8) is 0 Å². The van der Waals surface area contributed by atoms with Crippen LogP contribution in [0.4, 0.5) is 26.2 Å². The van der Waals surface area contributed by atoms with E-state index in [-0.39, 0.29) is 30.4 Å². The third kappa shape index (κ3) is 4.99. The van der Waals surface area contributed by atoms with Crippen molar-refractivity contribution in [1.29, 1.82) is 0 Å². The Labute approximate surface area is 180 Å². The number of anilines is 3. The van der Waals surface area contributed by atoms with Crippen molar-refractivity contribution in [2.45, 2.75) is 32.0 Å². The van der Waals surface area contributed by atoms with Crippen LogP contribution in [0, 0.1) is 5.82 Å². The molecule has 2 aromatic rings. The maximum atomic E-state index is 14.3. The van der Waals surface area contributed by atoms with Crippen LogP contribution in [0.3, 0.4) is 0 Å². The predicted octanol–water partition coefficient (Wildman–Crippen LogP) is 3.23. The highest BCUT2D eigenvalue weighted by Gasteiger charge is 2.24. The maximum absolute atomic E-state index is 14.3. The fourth-order valence-electron chi connectivity index (χ4n) is 4.10. The number of piperidine rings is 1. The van der Waals surface area contributed by atoms with Crippen molar-refractivity contribution in [2.24, 2.45) is 0 Å². The van der Waals surface area contributed by atoms with Gasteiger partial charge < -0.3 is 15.5 Å². The molecule has 1 saturated heterocycles. The second-order valence-corrected chi connectivity index (χ2v) is 7.87. The molecule has 0 spiro atoms. The van der Waals surface area contributed by atoms with E-state index in [1.807, 2.05) is 18.2 Å². The number of hydrogen-bond acceptors (Lipinski definition) is 6. The van der Waals surface area contributed by atoms with Crippen molar-refractivity contribution in [3.8, 4) is 0 Å². The third-order valence-corrected chi connectivity index (χ3v) is 5.64. The van der Waals surface area contributed by atoms with Gasteiger partial charge in [-0.25, -0.2) is 13.8 Å². The summed E-state index contributed by atoms with van der Waals surface area (Å²) in [5.74, 6) is -0.296. The minimum absolute atomic E-state index is 0.101. The molecule has 2 aliphatic rings. The number of carbonyl (C=O) groups is 1. The second-order valence-electron chi connectivity index (χ2n) is 7.87. The molecule has 4 rings (SSSR count). The van der Waals surface area contributed by atoms with Gasteiger partial charge in [0.25, 0.3) is 0 Å². The number of nitrogens with one attached hydrogen (secondary N) is 2. The van der Waals surface area contributed by atoms with E-state index in [9.17, 15) is 13.6 Å². The first kappa shape index (κ1) is 21.2. The fourth-order valence-corrected chi connectivity index (χ4v) is 4.10. The average molecular weight is 428 g/mol. The molecule has 9 heteroatoms. The Kier molecular flexibility index (Phi) is 6.41. The molecule has 2 aliphatic heterocycles. The van der Waals surface area contributed by atoms with Gasteiger partial charge in [-0.1, -0.05) is 12.6 Å². The van der Waals surface area contributed by atoms with Gasteiger partial charge in [0.1, 0.15) is 6.67 Å². The molecule has 0 saturated carbocycles. The van der Waals surface area contributed by atoms with Gasteiger partial charge in [0.05, 0.1) is 6.20 Å². The van der Waals surface area contributed by atoms with E-state index in [2.05, 4.69) is 32.1 Å². The van der Waals surface area contributed by atoms with Crippen LogP contribution >= 0.6 is 0 Å². The first-order valence-corrected chi connectivity index (χ1v) is 10.4. The maximum Gasteiger partial charge on any atom is 0.246 e. The molecule has 7 nitrogen and oxygen atoms in total. The van der Waals surface area contributed by atoms with E-state index >= 15 is 0 Å². The Morgan fingerprint density at radius 2 is 2.16 bits per heavy atom. The number of nitrogens with zero attached hydrogens (tertiary/aromatic N) is 4. The molecule has 3 heterocycles. The molecule has 1 atom stereocenters. The van der Waals surface area contributed by atoms with Gasteiger partial charge in [-0.2, -0.15) is 4.98 Å². The normalized spacial score (nSPS) is 18.5. The first-order chi connectivity index (χ1) is 15.1. The summed E-state index contributed by atoms with van der Waals surface area (Å²) < 4.78 is 27.0. The molecule has 1 aromatic carbocycles. The van der Waals surface area contributed by atoms with Gasteiger partial charge in [0.15, 0.2) is 11.6 Å². The molecule has 1 amide bonds. The molecule has 0 radical (unpaired) electrons. The zero-order valence-corrected chi connectivity index (χ0v) is 17.3. The standard InChI is InChI=1S/C22H26F2N6O/c1-2-20(31)30-8-3-4-18(14-30)26-21-19(24)11-25-22(28-21)27-17-6-5-15-12-29(9-7-23)13-16(15)10-17/h2,5-6,10-11,18H,1,3-4,7-9,12-14H2,(H2,25,26,27,28)/t18-/m1/s1. The predicted molar refractivity (Wildman–Crippen MR) is 115 cm³/mol. The van der Waals surface area contributed by atoms with Crippen LogP contribution in [-0.2, 0) is 17.9 Å². The lowest BCUT2D eigenvalue weighted by atomic mass is 10.1. The molecule has 31 heavy (non-hydrogen) atoms. The zero-order valence-electron chi connectivity index (χ0n) is 17.3. The fraction of sp³-hybridized carbons (Fsp3) is 0.409. The summed E-state index contributed by atoms with van der Waals surface area (Å²) in [4.78, 5) is 24.0. The molecule has 0 aliphatic carbocycles. The van der Waals surface area contributed by atoms with Gasteiger partial charge >= 0.3 is 0 Å². The monoisotopic (exact) mass is 428 g/mol. The largest absolute Gasteiger partial charge is 0.363 e. The summed E-state index contributed by atoms with van der Waals surface area (Å²) in [6.45, 7) is 6.17. The van der Waals surface area contributed by atoms with Crippen LogP contribution in [0.5, 0.6) is 0 Å². The van der Waals surface area contributed by atoms with Crippen LogP contribution in [0.2, 0.25) is 0 Å². The van der Waals surface area contributed by atoms with Gasteiger partial charge in [-0.3, -0.25) is 9.69 Å². The summed E-state index contributed by atoms with van der Waals surface area (Å²) in [7, 11) is 0. The Balaban J connectivity index is 1.43. The summed E-state index contributed by atoms with van der Waals surface area (Å²) in [6.07, 6.45) is 4.06. The smallest absolute Gasteiger partial charge is 0.246 e. The molecule has 1 aromatic heterocycles. The summed E-state index contributed by atoms with van der Waals surface area (Å²) >= 11 is 0. The summed E-state index contributed by atoms with van der Waals surface area (Å²) in [5, 5.41) is 6.23. The van der Waals surface area contributed by atoms with Crippen LogP contribution in [0.1, 0.15) is 24.0 Å². The number of benzene rings is 1. The Morgan fingerprint density at radius 3 is 2.97 bits per heavy atom. The Morgan fingerprint density at radius 1 is 1.32 bits per heavy atom. The minimum atomic E-state index is -0.548. The number of halogens is 2. The number of likely N-dealkylation sites (tertiary alicyclic amines) is 1. The number of alkyl halides is 1. The molecule has 164 valence electrons. The Hall–Kier alpha value is -3.07. The molecule has 0 bridgehead atoms. The first-order valence-electron chi connectivity index (χ1n) is 10.4. The van der Waals surface area contributed by atoms with E-state index in [0.29, 0.717) is 26.2 Å². The van der Waals surface area contributed by atoms with Gasteiger partial charge in [-0.15, -0.1) is 0 Å². The lowest BCUT2D eigenvalue weighted by Gasteiger charge is -2.32. The van der Waals surface area contributed by atoms with Gasteiger partial charge in [-0.05, 0) is 42.2 Å². The molecule has 0 unspecified atom stereocenters. The number of aromatic nitrogens is 2. The average Bonchev–Trinajstić information content (AvgIpc) is 3.17. The zero-order chi connectivity index (χ0) is 21.8. The SMILES string of the molecule is C=CC(=O)N1CCC[C@@H](Nc2nc(Nc3ccc4c(c3)CN(CCF)C4)ncc2F)C1. The molecular weight excluding hydrogens is 402 g/mol. The van der Waals surface area contributed by atoms with Crippen LogP contribution in [0.25, 0.3) is 0 Å². The highest BCUT2D eigenvalue weighted by Crippen LogP contribution is 2.27. The number of fused-ring (bicyclic) bond motifs is 1. The van der Waals surface area contributed by atoms with E-state index in [1.165, 1.54) is 11.6 Å². The van der Waals surface area contributed by atoms with E-state index < -0.39 is 5.82 Å². The van der Waals surface area contributed by atoms with Crippen molar-refractivity contribution in [2.75, 3.05) is 36.9 Å². The van der Waals surface area contributed by atoms with E-state index in [0.717, 1.165) is 36.8 Å². The van der Waals surface area contributed by atoms with E-state index in [1.54, 1.807) is 4.90 Å². The number of amides is 1. The number of carbonyl (C=O) groups excluding carboxylic acids is 1. The van der Waals surface area contributed by atoms with Crippen molar-refractivity contribution in [1.82, 2.24) is 19.8 Å². The summed E-state index contributed by atoms with van der Waals surface area (Å²) in [6, 6.07) is 5.81. The number of hydrogen-bond donors (Lipinski definition) is 2. The van der Waals surface area contributed by atoms with Crippen LogP contribution < -0.4 is 10.6 Å². The summed E-state index contributed by atoms with van der Waals surface area (Å²) in [5.41, 5.74) is 3.10. The topological polar surface area (TPSA) is 73.4 Å². The highest BCUT2D eigenvalue weighted by molar-refractivity contribution is 5.87. The minimum Gasteiger partial charge on any atom is -0.363 e.